The van der Waals surface area contributed by atoms with Crippen LogP contribution in [0.4, 0.5) is 5.69 Å². The number of halogens is 1. The van der Waals surface area contributed by atoms with Crippen LogP contribution in [-0.2, 0) is 0 Å². The van der Waals surface area contributed by atoms with Crippen molar-refractivity contribution in [3.63, 3.8) is 0 Å². The number of nitrogens with one attached hydrogen (secondary N) is 1. The first kappa shape index (κ1) is 12.7. The highest BCUT2D eigenvalue weighted by Crippen LogP contribution is 2.20. The number of benzene rings is 1. The predicted molar refractivity (Wildman–Crippen MR) is 72.2 cm³/mol. The van der Waals surface area contributed by atoms with E-state index in [1.807, 2.05) is 24.3 Å². The average molecular weight is 264 g/mol. The third kappa shape index (κ3) is 2.93. The lowest BCUT2D eigenvalue weighted by Gasteiger charge is -2.08. The molecule has 3 nitrogen and oxygen atoms in total. The summed E-state index contributed by atoms with van der Waals surface area (Å²) >= 11 is 5.63. The molecule has 1 heterocycles. The largest absolute Gasteiger partial charge is 0.440 e. The molecule has 0 atom stereocenters. The van der Waals surface area contributed by atoms with Gasteiger partial charge in [-0.1, -0.05) is 26.0 Å². The quantitative estimate of drug-likeness (QED) is 0.897. The molecule has 0 fully saturated rings. The van der Waals surface area contributed by atoms with Crippen LogP contribution in [0.3, 0.4) is 0 Å². The van der Waals surface area contributed by atoms with Crippen molar-refractivity contribution in [2.45, 2.75) is 19.8 Å². The lowest BCUT2D eigenvalue weighted by Crippen LogP contribution is -2.11. The molecule has 0 aliphatic rings. The fraction of sp³-hybridized carbons (Fsp3) is 0.214. The number of carbonyl (C=O) groups excluding carboxylic acids is 1. The van der Waals surface area contributed by atoms with Gasteiger partial charge in [0.25, 0.3) is 5.91 Å². The molecule has 0 bridgehead atoms. The van der Waals surface area contributed by atoms with Gasteiger partial charge in [-0.3, -0.25) is 4.79 Å². The van der Waals surface area contributed by atoms with Crippen LogP contribution in [0, 0.1) is 0 Å². The standard InChI is InChI=1S/C14H14ClNO2/c1-9(2)10-4-3-5-11(8-10)16-14(17)12-6-7-13(15)18-12/h3-9H,1-2H3,(H,16,17). The predicted octanol–water partition coefficient (Wildman–Crippen LogP) is 4.31. The van der Waals surface area contributed by atoms with Gasteiger partial charge in [-0.05, 0) is 47.3 Å². The molecule has 0 aliphatic carbocycles. The second kappa shape index (κ2) is 5.27. The topological polar surface area (TPSA) is 42.2 Å². The lowest BCUT2D eigenvalue weighted by molar-refractivity contribution is 0.0997. The van der Waals surface area contributed by atoms with Crippen molar-refractivity contribution in [1.29, 1.82) is 0 Å². The van der Waals surface area contributed by atoms with Gasteiger partial charge in [0.2, 0.25) is 0 Å². The first-order chi connectivity index (χ1) is 8.56. The van der Waals surface area contributed by atoms with E-state index in [2.05, 4.69) is 19.2 Å². The molecule has 4 heteroatoms. The number of furan rings is 1. The maximum atomic E-state index is 11.8. The fourth-order valence-electron chi connectivity index (χ4n) is 1.60. The summed E-state index contributed by atoms with van der Waals surface area (Å²) in [6.45, 7) is 4.21. The second-order valence-electron chi connectivity index (χ2n) is 4.34. The van der Waals surface area contributed by atoms with Crippen LogP contribution in [-0.4, -0.2) is 5.91 Å². The Balaban J connectivity index is 2.14. The lowest BCUT2D eigenvalue weighted by atomic mass is 10.0. The summed E-state index contributed by atoms with van der Waals surface area (Å²) in [6, 6.07) is 10.8. The molecule has 1 aromatic carbocycles. The summed E-state index contributed by atoms with van der Waals surface area (Å²) in [5.74, 6) is 0.317. The zero-order valence-corrected chi connectivity index (χ0v) is 11.0. The van der Waals surface area contributed by atoms with Crippen LogP contribution >= 0.6 is 11.6 Å². The summed E-state index contributed by atoms with van der Waals surface area (Å²) in [4.78, 5) is 11.8. The van der Waals surface area contributed by atoms with Crippen molar-refractivity contribution in [3.8, 4) is 0 Å². The molecule has 1 aromatic heterocycles. The molecule has 1 N–H and O–H groups in total. The third-order valence-electron chi connectivity index (χ3n) is 2.61. The highest BCUT2D eigenvalue weighted by atomic mass is 35.5. The molecule has 0 spiro atoms. The van der Waals surface area contributed by atoms with Gasteiger partial charge < -0.3 is 9.73 Å². The molecule has 0 unspecified atom stereocenters. The SMILES string of the molecule is CC(C)c1cccc(NC(=O)c2ccc(Cl)o2)c1. The Morgan fingerprint density at radius 2 is 2.06 bits per heavy atom. The summed E-state index contributed by atoms with van der Waals surface area (Å²) < 4.78 is 5.05. The van der Waals surface area contributed by atoms with Gasteiger partial charge >= 0.3 is 0 Å². The highest BCUT2D eigenvalue weighted by molar-refractivity contribution is 6.29. The molecular weight excluding hydrogens is 250 g/mol. The summed E-state index contributed by atoms with van der Waals surface area (Å²) in [7, 11) is 0. The number of rotatable bonds is 3. The molecule has 0 saturated carbocycles. The van der Waals surface area contributed by atoms with E-state index in [0.717, 1.165) is 5.69 Å². The van der Waals surface area contributed by atoms with E-state index in [0.29, 0.717) is 5.92 Å². The van der Waals surface area contributed by atoms with E-state index in [-0.39, 0.29) is 16.9 Å². The van der Waals surface area contributed by atoms with Gasteiger partial charge in [0.05, 0.1) is 0 Å². The molecule has 2 aromatic rings. The minimum absolute atomic E-state index is 0.204. The Morgan fingerprint density at radius 1 is 1.28 bits per heavy atom. The van der Waals surface area contributed by atoms with Crippen molar-refractivity contribution in [2.24, 2.45) is 0 Å². The number of anilines is 1. The van der Waals surface area contributed by atoms with E-state index in [4.69, 9.17) is 16.0 Å². The normalized spacial score (nSPS) is 10.7. The first-order valence-corrected chi connectivity index (χ1v) is 6.10. The van der Waals surface area contributed by atoms with Crippen LogP contribution in [0.15, 0.2) is 40.8 Å². The Labute approximate surface area is 111 Å². The molecule has 1 amide bonds. The first-order valence-electron chi connectivity index (χ1n) is 5.73. The fourth-order valence-corrected chi connectivity index (χ4v) is 1.75. The minimum Gasteiger partial charge on any atom is -0.440 e. The van der Waals surface area contributed by atoms with Crippen molar-refractivity contribution >= 4 is 23.2 Å². The van der Waals surface area contributed by atoms with E-state index in [9.17, 15) is 4.79 Å². The van der Waals surface area contributed by atoms with E-state index >= 15 is 0 Å². The van der Waals surface area contributed by atoms with Crippen molar-refractivity contribution in [3.05, 3.63) is 52.9 Å². The van der Waals surface area contributed by atoms with Crippen LogP contribution in [0.25, 0.3) is 0 Å². The van der Waals surface area contributed by atoms with Crippen LogP contribution < -0.4 is 5.32 Å². The highest BCUT2D eigenvalue weighted by Gasteiger charge is 2.11. The van der Waals surface area contributed by atoms with E-state index in [1.54, 1.807) is 12.1 Å². The third-order valence-corrected chi connectivity index (χ3v) is 2.81. The Hall–Kier alpha value is -1.74. The van der Waals surface area contributed by atoms with Gasteiger partial charge in [-0.2, -0.15) is 0 Å². The smallest absolute Gasteiger partial charge is 0.291 e. The second-order valence-corrected chi connectivity index (χ2v) is 4.71. The van der Waals surface area contributed by atoms with Crippen LogP contribution in [0.2, 0.25) is 5.22 Å². The molecule has 0 aliphatic heterocycles. The van der Waals surface area contributed by atoms with Crippen LogP contribution in [0.5, 0.6) is 0 Å². The van der Waals surface area contributed by atoms with Gasteiger partial charge in [0.1, 0.15) is 0 Å². The molecule has 18 heavy (non-hydrogen) atoms. The molecule has 0 radical (unpaired) electrons. The average Bonchev–Trinajstić information content (AvgIpc) is 2.76. The molecule has 94 valence electrons. The summed E-state index contributed by atoms with van der Waals surface area (Å²) in [5.41, 5.74) is 1.92. The monoisotopic (exact) mass is 263 g/mol. The Bertz CT molecular complexity index is 560. The summed E-state index contributed by atoms with van der Waals surface area (Å²) in [6.07, 6.45) is 0. The Kier molecular flexibility index (Phi) is 3.72. The Morgan fingerprint density at radius 3 is 2.67 bits per heavy atom. The van der Waals surface area contributed by atoms with Crippen molar-refractivity contribution < 1.29 is 9.21 Å². The summed E-state index contributed by atoms with van der Waals surface area (Å²) in [5, 5.41) is 2.98. The maximum absolute atomic E-state index is 11.8. The molecule has 0 saturated heterocycles. The van der Waals surface area contributed by atoms with Crippen molar-refractivity contribution in [1.82, 2.24) is 0 Å². The maximum Gasteiger partial charge on any atom is 0.291 e. The van der Waals surface area contributed by atoms with E-state index in [1.165, 1.54) is 5.56 Å². The van der Waals surface area contributed by atoms with Gasteiger partial charge in [0.15, 0.2) is 11.0 Å². The molecular formula is C14H14ClNO2. The van der Waals surface area contributed by atoms with Crippen LogP contribution in [0.1, 0.15) is 35.9 Å². The zero-order valence-electron chi connectivity index (χ0n) is 10.2. The number of carbonyl (C=O) groups is 1. The van der Waals surface area contributed by atoms with Gasteiger partial charge in [-0.25, -0.2) is 0 Å². The number of amides is 1. The number of hydrogen-bond acceptors (Lipinski definition) is 2. The minimum atomic E-state index is -0.303. The van der Waals surface area contributed by atoms with Gasteiger partial charge in [-0.15, -0.1) is 0 Å². The zero-order chi connectivity index (χ0) is 13.1. The molecule has 2 rings (SSSR count). The number of hydrogen-bond donors (Lipinski definition) is 1. The van der Waals surface area contributed by atoms with E-state index < -0.39 is 0 Å². The van der Waals surface area contributed by atoms with Crippen molar-refractivity contribution in [2.75, 3.05) is 5.32 Å². The van der Waals surface area contributed by atoms with Gasteiger partial charge in [0, 0.05) is 5.69 Å².